The van der Waals surface area contributed by atoms with Crippen LogP contribution in [0.25, 0.3) is 0 Å². The van der Waals surface area contributed by atoms with Crippen LogP contribution in [0.1, 0.15) is 55.1 Å². The predicted octanol–water partition coefficient (Wildman–Crippen LogP) is 4.88. The first-order valence-corrected chi connectivity index (χ1v) is 10.1. The van der Waals surface area contributed by atoms with E-state index in [1.165, 1.54) is 5.56 Å². The molecule has 29 heavy (non-hydrogen) atoms. The standard InChI is InChI=1S/C24H32N2O3/c1-6-25-22(27)19-10-12-20(13-11-19)26-23(28)24(4,5)14-7-15-29-21-16-17(2)8-9-18(21)3/h8-13,16H,6-7,14-15H2,1-5H3,(H,25,27)(H,26,28). The molecule has 5 heteroatoms. The summed E-state index contributed by atoms with van der Waals surface area (Å²) in [5.74, 6) is 0.740. The molecule has 0 aromatic heterocycles. The molecule has 0 radical (unpaired) electrons. The van der Waals surface area contributed by atoms with Gasteiger partial charge in [0, 0.05) is 23.2 Å². The minimum Gasteiger partial charge on any atom is -0.493 e. The van der Waals surface area contributed by atoms with Gasteiger partial charge in [-0.25, -0.2) is 0 Å². The highest BCUT2D eigenvalue weighted by molar-refractivity contribution is 5.97. The lowest BCUT2D eigenvalue weighted by Gasteiger charge is -2.23. The van der Waals surface area contributed by atoms with E-state index in [0.29, 0.717) is 30.8 Å². The van der Waals surface area contributed by atoms with Crippen molar-refractivity contribution in [1.29, 1.82) is 0 Å². The summed E-state index contributed by atoms with van der Waals surface area (Å²) >= 11 is 0. The summed E-state index contributed by atoms with van der Waals surface area (Å²) in [4.78, 5) is 24.5. The van der Waals surface area contributed by atoms with Crippen LogP contribution >= 0.6 is 0 Å². The van der Waals surface area contributed by atoms with E-state index >= 15 is 0 Å². The normalized spacial score (nSPS) is 11.1. The molecule has 0 fully saturated rings. The Morgan fingerprint density at radius 2 is 1.72 bits per heavy atom. The van der Waals surface area contributed by atoms with E-state index in [1.54, 1.807) is 24.3 Å². The molecule has 156 valence electrons. The molecule has 5 nitrogen and oxygen atoms in total. The second-order valence-electron chi connectivity index (χ2n) is 8.00. The molecular weight excluding hydrogens is 364 g/mol. The number of hydrogen-bond acceptors (Lipinski definition) is 3. The summed E-state index contributed by atoms with van der Waals surface area (Å²) in [5.41, 5.74) is 3.02. The Balaban J connectivity index is 1.84. The Kier molecular flexibility index (Phi) is 7.82. The van der Waals surface area contributed by atoms with Gasteiger partial charge < -0.3 is 15.4 Å². The van der Waals surface area contributed by atoms with Crippen LogP contribution in [0.15, 0.2) is 42.5 Å². The number of anilines is 1. The molecule has 2 N–H and O–H groups in total. The fourth-order valence-corrected chi connectivity index (χ4v) is 2.94. The van der Waals surface area contributed by atoms with E-state index in [1.807, 2.05) is 40.7 Å². The number of nitrogens with one attached hydrogen (secondary N) is 2. The van der Waals surface area contributed by atoms with Gasteiger partial charge in [0.2, 0.25) is 5.91 Å². The van der Waals surface area contributed by atoms with Crippen molar-refractivity contribution >= 4 is 17.5 Å². The van der Waals surface area contributed by atoms with Crippen LogP contribution < -0.4 is 15.4 Å². The summed E-state index contributed by atoms with van der Waals surface area (Å²) in [6.45, 7) is 11.0. The second kappa shape index (κ2) is 10.1. The van der Waals surface area contributed by atoms with E-state index in [0.717, 1.165) is 17.7 Å². The van der Waals surface area contributed by atoms with Crippen molar-refractivity contribution in [2.24, 2.45) is 5.41 Å². The predicted molar refractivity (Wildman–Crippen MR) is 118 cm³/mol. The van der Waals surface area contributed by atoms with Crippen LogP contribution in [0.4, 0.5) is 5.69 Å². The first kappa shape index (κ1) is 22.5. The van der Waals surface area contributed by atoms with E-state index < -0.39 is 5.41 Å². The van der Waals surface area contributed by atoms with E-state index in [-0.39, 0.29) is 11.8 Å². The van der Waals surface area contributed by atoms with Gasteiger partial charge in [-0.2, -0.15) is 0 Å². The zero-order valence-corrected chi connectivity index (χ0v) is 18.1. The van der Waals surface area contributed by atoms with Crippen LogP contribution in [0.5, 0.6) is 5.75 Å². The van der Waals surface area contributed by atoms with Crippen LogP contribution in [0, 0.1) is 19.3 Å². The lowest BCUT2D eigenvalue weighted by Crippen LogP contribution is -2.31. The van der Waals surface area contributed by atoms with Gasteiger partial charge in [0.15, 0.2) is 0 Å². The smallest absolute Gasteiger partial charge is 0.251 e. The summed E-state index contributed by atoms with van der Waals surface area (Å²) in [7, 11) is 0. The second-order valence-corrected chi connectivity index (χ2v) is 8.00. The van der Waals surface area contributed by atoms with Gasteiger partial charge in [0.1, 0.15) is 5.75 Å². The van der Waals surface area contributed by atoms with Gasteiger partial charge >= 0.3 is 0 Å². The van der Waals surface area contributed by atoms with Crippen molar-refractivity contribution in [2.45, 2.75) is 47.5 Å². The first-order chi connectivity index (χ1) is 13.7. The summed E-state index contributed by atoms with van der Waals surface area (Å²) < 4.78 is 5.90. The fourth-order valence-electron chi connectivity index (χ4n) is 2.94. The summed E-state index contributed by atoms with van der Waals surface area (Å²) in [6, 6.07) is 13.1. The monoisotopic (exact) mass is 396 g/mol. The molecule has 0 aliphatic rings. The van der Waals surface area contributed by atoms with Crippen molar-refractivity contribution < 1.29 is 14.3 Å². The fraction of sp³-hybridized carbons (Fsp3) is 0.417. The Labute approximate surface area is 173 Å². The minimum atomic E-state index is -0.525. The Morgan fingerprint density at radius 1 is 1.03 bits per heavy atom. The molecule has 0 aliphatic carbocycles. The largest absolute Gasteiger partial charge is 0.493 e. The topological polar surface area (TPSA) is 67.4 Å². The molecule has 2 aromatic carbocycles. The van der Waals surface area contributed by atoms with Crippen molar-refractivity contribution in [1.82, 2.24) is 5.32 Å². The number of carbonyl (C=O) groups is 2. The van der Waals surface area contributed by atoms with Crippen LogP contribution in [-0.4, -0.2) is 25.0 Å². The Morgan fingerprint density at radius 3 is 2.38 bits per heavy atom. The molecule has 0 atom stereocenters. The highest BCUT2D eigenvalue weighted by atomic mass is 16.5. The molecule has 0 spiro atoms. The lowest BCUT2D eigenvalue weighted by molar-refractivity contribution is -0.124. The number of amides is 2. The van der Waals surface area contributed by atoms with Gasteiger partial charge in [-0.15, -0.1) is 0 Å². The molecular formula is C24H32N2O3. The summed E-state index contributed by atoms with van der Waals surface area (Å²) in [5, 5.41) is 5.70. The number of benzene rings is 2. The van der Waals surface area contributed by atoms with Gasteiger partial charge in [0.05, 0.1) is 6.61 Å². The van der Waals surface area contributed by atoms with Crippen molar-refractivity contribution in [3.8, 4) is 5.75 Å². The zero-order valence-electron chi connectivity index (χ0n) is 18.1. The molecule has 0 aliphatic heterocycles. The van der Waals surface area contributed by atoms with Gasteiger partial charge in [0.25, 0.3) is 5.91 Å². The number of hydrogen-bond donors (Lipinski definition) is 2. The van der Waals surface area contributed by atoms with Gasteiger partial charge in [-0.3, -0.25) is 9.59 Å². The van der Waals surface area contributed by atoms with E-state index in [9.17, 15) is 9.59 Å². The van der Waals surface area contributed by atoms with Gasteiger partial charge in [-0.1, -0.05) is 26.0 Å². The van der Waals surface area contributed by atoms with Crippen molar-refractivity contribution in [3.63, 3.8) is 0 Å². The molecule has 0 saturated heterocycles. The third-order valence-corrected chi connectivity index (χ3v) is 4.90. The zero-order chi connectivity index (χ0) is 21.4. The number of carbonyl (C=O) groups excluding carboxylic acids is 2. The van der Waals surface area contributed by atoms with Gasteiger partial charge in [-0.05, 0) is 75.1 Å². The number of rotatable bonds is 9. The van der Waals surface area contributed by atoms with Crippen molar-refractivity contribution in [3.05, 3.63) is 59.2 Å². The molecule has 0 bridgehead atoms. The molecule has 2 rings (SSSR count). The first-order valence-electron chi connectivity index (χ1n) is 10.1. The third-order valence-electron chi connectivity index (χ3n) is 4.90. The third kappa shape index (κ3) is 6.63. The highest BCUT2D eigenvalue weighted by Crippen LogP contribution is 2.26. The highest BCUT2D eigenvalue weighted by Gasteiger charge is 2.27. The maximum atomic E-state index is 12.7. The maximum absolute atomic E-state index is 12.7. The average Bonchev–Trinajstić information content (AvgIpc) is 2.68. The lowest BCUT2D eigenvalue weighted by atomic mass is 9.87. The van der Waals surface area contributed by atoms with Crippen LogP contribution in [0.3, 0.4) is 0 Å². The Hall–Kier alpha value is -2.82. The minimum absolute atomic E-state index is 0.0463. The molecule has 0 saturated carbocycles. The van der Waals surface area contributed by atoms with Crippen LogP contribution in [0.2, 0.25) is 0 Å². The number of ether oxygens (including phenoxy) is 1. The molecule has 0 heterocycles. The Bertz CT molecular complexity index is 842. The average molecular weight is 397 g/mol. The quantitative estimate of drug-likeness (QED) is 0.594. The maximum Gasteiger partial charge on any atom is 0.251 e. The van der Waals surface area contributed by atoms with Crippen molar-refractivity contribution in [2.75, 3.05) is 18.5 Å². The number of aryl methyl sites for hydroxylation is 2. The van der Waals surface area contributed by atoms with E-state index in [4.69, 9.17) is 4.74 Å². The molecule has 0 unspecified atom stereocenters. The molecule has 2 aromatic rings. The van der Waals surface area contributed by atoms with Crippen LogP contribution in [-0.2, 0) is 4.79 Å². The molecule has 2 amide bonds. The SMILES string of the molecule is CCNC(=O)c1ccc(NC(=O)C(C)(C)CCCOc2cc(C)ccc2C)cc1. The van der Waals surface area contributed by atoms with E-state index in [2.05, 4.69) is 22.8 Å². The summed E-state index contributed by atoms with van der Waals surface area (Å²) in [6.07, 6.45) is 1.49.